The summed E-state index contributed by atoms with van der Waals surface area (Å²) < 4.78 is 25.7. The molecule has 4 nitrogen and oxygen atoms in total. The Morgan fingerprint density at radius 1 is 0.652 bits per heavy atom. The third-order valence-electron chi connectivity index (χ3n) is 2.73. The van der Waals surface area contributed by atoms with Crippen molar-refractivity contribution in [1.82, 2.24) is 0 Å². The lowest BCUT2D eigenvalue weighted by atomic mass is 10.4. The van der Waals surface area contributed by atoms with Crippen molar-refractivity contribution in [2.45, 2.75) is 91.3 Å². The van der Waals surface area contributed by atoms with Crippen LogP contribution in [0.25, 0.3) is 0 Å². The van der Waals surface area contributed by atoms with Crippen LogP contribution in [0.1, 0.15) is 19.8 Å². The topological polar surface area (TPSA) is 36.9 Å². The van der Waals surface area contributed by atoms with Crippen LogP contribution >= 0.6 is 0 Å². The number of hydrogen-bond acceptors (Lipinski definition) is 4. The van der Waals surface area contributed by atoms with Crippen LogP contribution in [0.5, 0.6) is 0 Å². The molecule has 0 aliphatic carbocycles. The highest BCUT2D eigenvalue weighted by atomic mass is 28.5. The maximum absolute atomic E-state index is 6.50. The zero-order valence-corrected chi connectivity index (χ0v) is 22.5. The molecule has 140 valence electrons. The van der Waals surface area contributed by atoms with Crippen molar-refractivity contribution in [2.75, 3.05) is 0 Å². The molecule has 9 heteroatoms. The van der Waals surface area contributed by atoms with E-state index in [0.29, 0.717) is 0 Å². The maximum Gasteiger partial charge on any atom is 0.312 e. The van der Waals surface area contributed by atoms with Gasteiger partial charge in [0.05, 0.1) is 0 Å². The Labute approximate surface area is 150 Å². The minimum Gasteiger partial charge on any atom is -0.437 e. The Balaban J connectivity index is 4.94. The Morgan fingerprint density at radius 3 is 1.26 bits per heavy atom. The Kier molecular flexibility index (Phi) is 9.40. The standard InChI is InChI=1S/C14H40O4Si5/c1-12-13-14-19(15-22(8,9)17-20(2,3)4)16-23(10,11)18-21(5,6)7/h19H,12-14H2,1-11H3. The molecule has 0 aromatic heterocycles. The predicted octanol–water partition coefficient (Wildman–Crippen LogP) is 5.15. The number of hydrogen-bond donors (Lipinski definition) is 0. The van der Waals surface area contributed by atoms with Crippen molar-refractivity contribution in [3.8, 4) is 0 Å². The van der Waals surface area contributed by atoms with Gasteiger partial charge in [0.15, 0.2) is 16.6 Å². The molecule has 0 amide bonds. The summed E-state index contributed by atoms with van der Waals surface area (Å²) in [6.07, 6.45) is 2.33. The van der Waals surface area contributed by atoms with Crippen molar-refractivity contribution in [2.24, 2.45) is 0 Å². The SMILES string of the molecule is CCCC[SiH](O[Si](C)(C)O[Si](C)(C)C)O[Si](C)(C)O[Si](C)(C)C. The van der Waals surface area contributed by atoms with Crippen molar-refractivity contribution >= 4 is 43.0 Å². The summed E-state index contributed by atoms with van der Waals surface area (Å²) in [5, 5.41) is 0. The van der Waals surface area contributed by atoms with E-state index in [2.05, 4.69) is 72.4 Å². The second-order valence-corrected chi connectivity index (χ2v) is 28.0. The summed E-state index contributed by atoms with van der Waals surface area (Å²) in [5.41, 5.74) is 0. The third-order valence-corrected chi connectivity index (χ3v) is 19.1. The van der Waals surface area contributed by atoms with Crippen molar-refractivity contribution < 1.29 is 16.5 Å². The van der Waals surface area contributed by atoms with Gasteiger partial charge in [-0.05, 0) is 71.5 Å². The lowest BCUT2D eigenvalue weighted by Crippen LogP contribution is -2.53. The molecule has 23 heavy (non-hydrogen) atoms. The van der Waals surface area contributed by atoms with Crippen LogP contribution in [-0.2, 0) is 16.5 Å². The first-order valence-corrected chi connectivity index (χ1v) is 23.0. The highest BCUT2D eigenvalue weighted by Gasteiger charge is 2.39. The van der Waals surface area contributed by atoms with E-state index in [4.69, 9.17) is 16.5 Å². The van der Waals surface area contributed by atoms with E-state index in [1.807, 2.05) is 0 Å². The van der Waals surface area contributed by atoms with Crippen molar-refractivity contribution in [3.05, 3.63) is 0 Å². The molecule has 0 radical (unpaired) electrons. The Hall–Kier alpha value is 0.924. The molecule has 0 unspecified atom stereocenters. The average molecular weight is 413 g/mol. The molecule has 0 saturated heterocycles. The van der Waals surface area contributed by atoms with Gasteiger partial charge in [0.1, 0.15) is 0 Å². The zero-order valence-electron chi connectivity index (χ0n) is 17.3. The minimum atomic E-state index is -2.13. The summed E-state index contributed by atoms with van der Waals surface area (Å²) >= 11 is 0. The van der Waals surface area contributed by atoms with Gasteiger partial charge in [-0.1, -0.05) is 19.8 Å². The summed E-state index contributed by atoms with van der Waals surface area (Å²) in [6, 6.07) is 1.05. The van der Waals surface area contributed by atoms with Crippen LogP contribution in [0.3, 0.4) is 0 Å². The van der Waals surface area contributed by atoms with E-state index in [9.17, 15) is 0 Å². The second kappa shape index (κ2) is 9.03. The molecule has 0 aromatic rings. The maximum atomic E-state index is 6.50. The van der Waals surface area contributed by atoms with E-state index in [0.717, 1.165) is 12.5 Å². The van der Waals surface area contributed by atoms with E-state index in [1.54, 1.807) is 0 Å². The van der Waals surface area contributed by atoms with Gasteiger partial charge in [-0.15, -0.1) is 0 Å². The van der Waals surface area contributed by atoms with Gasteiger partial charge in [-0.2, -0.15) is 0 Å². The number of rotatable bonds is 11. The lowest BCUT2D eigenvalue weighted by Gasteiger charge is -2.38. The third kappa shape index (κ3) is 13.8. The first kappa shape index (κ1) is 23.9. The predicted molar refractivity (Wildman–Crippen MR) is 113 cm³/mol. The first-order valence-electron chi connectivity index (χ1n) is 8.81. The average Bonchev–Trinajstić information content (AvgIpc) is 2.17. The van der Waals surface area contributed by atoms with Gasteiger partial charge in [0.2, 0.25) is 0 Å². The van der Waals surface area contributed by atoms with Crippen LogP contribution in [0, 0.1) is 0 Å². The molecule has 0 bridgehead atoms. The fourth-order valence-electron chi connectivity index (χ4n) is 2.67. The summed E-state index contributed by atoms with van der Waals surface area (Å²) in [6.45, 7) is 24.2. The summed E-state index contributed by atoms with van der Waals surface area (Å²) in [5.74, 6) is 0. The van der Waals surface area contributed by atoms with Crippen LogP contribution < -0.4 is 0 Å². The summed E-state index contributed by atoms with van der Waals surface area (Å²) in [4.78, 5) is 0. The van der Waals surface area contributed by atoms with E-state index in [1.165, 1.54) is 6.42 Å². The fourth-order valence-corrected chi connectivity index (χ4v) is 23.1. The Morgan fingerprint density at radius 2 is 1.00 bits per heavy atom. The van der Waals surface area contributed by atoms with Crippen LogP contribution in [0.2, 0.25) is 71.5 Å². The largest absolute Gasteiger partial charge is 0.437 e. The Bertz CT molecular complexity index is 320. The first-order chi connectivity index (χ1) is 10.1. The van der Waals surface area contributed by atoms with Crippen LogP contribution in [0.15, 0.2) is 0 Å². The molecule has 0 heterocycles. The minimum absolute atomic E-state index is 1.05. The quantitative estimate of drug-likeness (QED) is 0.440. The molecule has 0 aliphatic rings. The molecule has 0 rings (SSSR count). The molecule has 0 atom stereocenters. The van der Waals surface area contributed by atoms with E-state index in [-0.39, 0.29) is 0 Å². The molecule has 0 aromatic carbocycles. The van der Waals surface area contributed by atoms with Gasteiger partial charge in [0.25, 0.3) is 0 Å². The van der Waals surface area contributed by atoms with E-state index >= 15 is 0 Å². The van der Waals surface area contributed by atoms with E-state index < -0.39 is 43.0 Å². The highest BCUT2D eigenvalue weighted by Crippen LogP contribution is 2.23. The van der Waals surface area contributed by atoms with Gasteiger partial charge in [-0.3, -0.25) is 0 Å². The van der Waals surface area contributed by atoms with Crippen molar-refractivity contribution in [1.29, 1.82) is 0 Å². The van der Waals surface area contributed by atoms with Gasteiger partial charge in [0, 0.05) is 0 Å². The van der Waals surface area contributed by atoms with Gasteiger partial charge < -0.3 is 16.5 Å². The van der Waals surface area contributed by atoms with Gasteiger partial charge in [-0.25, -0.2) is 0 Å². The van der Waals surface area contributed by atoms with Crippen LogP contribution in [-0.4, -0.2) is 43.0 Å². The molecule has 0 saturated carbocycles. The molecular formula is C14H40O4Si5. The second-order valence-electron chi connectivity index (χ2n) is 9.04. The smallest absolute Gasteiger partial charge is 0.312 e. The lowest BCUT2D eigenvalue weighted by molar-refractivity contribution is 0.313. The molecule has 0 N–H and O–H groups in total. The zero-order chi connectivity index (χ0) is 18.5. The molecule has 0 fully saturated rings. The van der Waals surface area contributed by atoms with Crippen LogP contribution in [0.4, 0.5) is 0 Å². The molecule has 0 spiro atoms. The fraction of sp³-hybridized carbons (Fsp3) is 1.00. The monoisotopic (exact) mass is 412 g/mol. The number of unbranched alkanes of at least 4 members (excludes halogenated alkanes) is 1. The van der Waals surface area contributed by atoms with Gasteiger partial charge >= 0.3 is 26.4 Å². The molecular weight excluding hydrogens is 373 g/mol. The highest BCUT2D eigenvalue weighted by molar-refractivity contribution is 6.86. The summed E-state index contributed by atoms with van der Waals surface area (Å²) in [7, 11) is -9.22. The van der Waals surface area contributed by atoms with Crippen molar-refractivity contribution in [3.63, 3.8) is 0 Å². The normalized spacial score (nSPS) is 14.6. The molecule has 0 aliphatic heterocycles.